The predicted octanol–water partition coefficient (Wildman–Crippen LogP) is 1.73. The van der Waals surface area contributed by atoms with Gasteiger partial charge in [-0.05, 0) is 31.9 Å². The number of nitrogen functional groups attached to an aromatic ring is 1. The Bertz CT molecular complexity index is 1160. The van der Waals surface area contributed by atoms with Gasteiger partial charge in [0, 0.05) is 18.0 Å². The Morgan fingerprint density at radius 1 is 1.46 bits per heavy atom. The Hall–Kier alpha value is -2.72. The quantitative estimate of drug-likeness (QED) is 0.212. The van der Waals surface area contributed by atoms with Gasteiger partial charge in [-0.3, -0.25) is 28.1 Å². The van der Waals surface area contributed by atoms with Gasteiger partial charge in [0.2, 0.25) is 5.95 Å². The molecule has 1 aliphatic carbocycles. The molecule has 3 heterocycles. The molecule has 0 spiro atoms. The number of aliphatic hydroxyl groups excluding tert-OH is 1. The number of nitrogens with two attached hydrogens (primary N) is 1. The lowest BCUT2D eigenvalue weighted by Gasteiger charge is -2.30. The molecule has 12 nitrogen and oxygen atoms in total. The first-order valence-electron chi connectivity index (χ1n) is 11.3. The standard InChI is InChI=1S/C22H29N4O8P/c1-12(2)34-19(28)7-14-9-31-35(30,32-10-14)33-11-16-13(3)17(8-18(16)27)26-6-4-5-15-20(26)24-22(23)25-21(15)29/h5-6,12,14,16-18,27H,3,7-11H2,1-2H3,(H3,23,24,25,29)/t14?,16-,17-,18-,35?/m0/s1. The number of aromatic amines is 1. The minimum Gasteiger partial charge on any atom is -0.463 e. The lowest BCUT2D eigenvalue weighted by atomic mass is 10.0. The average Bonchev–Trinajstić information content (AvgIpc) is 3.06. The van der Waals surface area contributed by atoms with E-state index in [0.29, 0.717) is 17.0 Å². The van der Waals surface area contributed by atoms with Crippen LogP contribution in [0.15, 0.2) is 28.9 Å². The summed E-state index contributed by atoms with van der Waals surface area (Å²) in [7, 11) is -3.86. The summed E-state index contributed by atoms with van der Waals surface area (Å²) in [6.45, 7) is 7.50. The largest absolute Gasteiger partial charge is 0.474 e. The summed E-state index contributed by atoms with van der Waals surface area (Å²) < 4.78 is 34.1. The van der Waals surface area contributed by atoms with E-state index < -0.39 is 31.4 Å². The van der Waals surface area contributed by atoms with Crippen molar-refractivity contribution in [3.8, 4) is 0 Å². The number of aromatic nitrogens is 2. The van der Waals surface area contributed by atoms with Crippen molar-refractivity contribution in [2.75, 3.05) is 30.5 Å². The second-order valence-electron chi connectivity index (χ2n) is 8.98. The van der Waals surface area contributed by atoms with Crippen LogP contribution >= 0.6 is 7.82 Å². The number of carbonyl (C=O) groups excluding carboxylic acids is 1. The number of phosphoric ester groups is 1. The molecule has 4 rings (SSSR count). The molecular formula is C22H29N4O8P. The normalized spacial score (nSPS) is 30.1. The van der Waals surface area contributed by atoms with Crippen molar-refractivity contribution in [3.05, 3.63) is 40.0 Å². The molecular weight excluding hydrogens is 479 g/mol. The highest BCUT2D eigenvalue weighted by atomic mass is 31.2. The number of rotatable bonds is 7. The minimum absolute atomic E-state index is 0.0184. The van der Waals surface area contributed by atoms with E-state index in [0.717, 1.165) is 0 Å². The number of phosphoric acid groups is 1. The summed E-state index contributed by atoms with van der Waals surface area (Å²) in [6, 6.07) is -0.419. The Labute approximate surface area is 202 Å². The highest BCUT2D eigenvalue weighted by molar-refractivity contribution is 7.48. The van der Waals surface area contributed by atoms with Gasteiger partial charge in [-0.2, -0.15) is 4.98 Å². The first-order chi connectivity index (χ1) is 16.6. The summed E-state index contributed by atoms with van der Waals surface area (Å²) in [6.07, 6.45) is 2.38. The Balaban J connectivity index is 1.36. The van der Waals surface area contributed by atoms with Crippen LogP contribution in [-0.4, -0.2) is 59.1 Å². The zero-order valence-corrected chi connectivity index (χ0v) is 20.4. The van der Waals surface area contributed by atoms with Crippen molar-refractivity contribution in [1.29, 1.82) is 0 Å². The number of ether oxygens (including phenoxy) is 1. The Morgan fingerprint density at radius 2 is 2.17 bits per heavy atom. The number of anilines is 2. The lowest BCUT2D eigenvalue weighted by molar-refractivity contribution is -0.149. The molecule has 2 fully saturated rings. The van der Waals surface area contributed by atoms with Crippen LogP contribution in [0.4, 0.5) is 11.8 Å². The van der Waals surface area contributed by atoms with Gasteiger partial charge < -0.3 is 20.5 Å². The zero-order chi connectivity index (χ0) is 25.3. The topological polar surface area (TPSA) is 166 Å². The Kier molecular flexibility index (Phi) is 7.32. The molecule has 4 N–H and O–H groups in total. The van der Waals surface area contributed by atoms with E-state index in [-0.39, 0.29) is 56.6 Å². The molecule has 3 aliphatic rings. The highest BCUT2D eigenvalue weighted by Gasteiger charge is 2.43. The average molecular weight is 508 g/mol. The van der Waals surface area contributed by atoms with Gasteiger partial charge in [0.1, 0.15) is 0 Å². The van der Waals surface area contributed by atoms with E-state index in [1.165, 1.54) is 6.08 Å². The summed E-state index contributed by atoms with van der Waals surface area (Å²) in [5, 5.41) is 10.7. The van der Waals surface area contributed by atoms with Crippen molar-refractivity contribution in [1.82, 2.24) is 9.97 Å². The maximum atomic E-state index is 12.8. The van der Waals surface area contributed by atoms with Gasteiger partial charge in [-0.15, -0.1) is 5.73 Å². The molecule has 1 saturated heterocycles. The van der Waals surface area contributed by atoms with Gasteiger partial charge in [0.15, 0.2) is 5.82 Å². The SMILES string of the molecule is C=C1[C@H](COP2(=O)OCC(CC(=O)OC(C)C)CO2)[C@@H](O)C[C@@H]1N1C=C=Cc2c1nc(N)[nH]c2=O. The van der Waals surface area contributed by atoms with E-state index in [9.17, 15) is 19.3 Å². The van der Waals surface area contributed by atoms with Crippen LogP contribution in [0.1, 0.15) is 32.3 Å². The first kappa shape index (κ1) is 25.4. The van der Waals surface area contributed by atoms with Crippen molar-refractivity contribution in [3.63, 3.8) is 0 Å². The molecule has 190 valence electrons. The molecule has 13 heteroatoms. The minimum atomic E-state index is -3.86. The third kappa shape index (κ3) is 5.59. The number of H-pyrrole nitrogens is 1. The van der Waals surface area contributed by atoms with Crippen LogP contribution in [0.3, 0.4) is 0 Å². The highest BCUT2D eigenvalue weighted by Crippen LogP contribution is 2.54. The number of hydrogen-bond acceptors (Lipinski definition) is 11. The Morgan fingerprint density at radius 3 is 2.86 bits per heavy atom. The fourth-order valence-electron chi connectivity index (χ4n) is 4.25. The fourth-order valence-corrected chi connectivity index (χ4v) is 5.61. The number of hydrogen-bond donors (Lipinski definition) is 3. The molecule has 1 saturated carbocycles. The van der Waals surface area contributed by atoms with Crippen LogP contribution in [0.5, 0.6) is 0 Å². The first-order valence-corrected chi connectivity index (χ1v) is 12.7. The third-order valence-electron chi connectivity index (χ3n) is 5.98. The van der Waals surface area contributed by atoms with Gasteiger partial charge in [0.05, 0.1) is 50.1 Å². The van der Waals surface area contributed by atoms with Crippen LogP contribution in [0.2, 0.25) is 0 Å². The lowest BCUT2D eigenvalue weighted by Crippen LogP contribution is -2.34. The molecule has 35 heavy (non-hydrogen) atoms. The zero-order valence-electron chi connectivity index (χ0n) is 19.5. The molecule has 0 unspecified atom stereocenters. The van der Waals surface area contributed by atoms with Crippen molar-refractivity contribution >= 4 is 31.6 Å². The van der Waals surface area contributed by atoms with E-state index in [1.54, 1.807) is 24.9 Å². The molecule has 0 radical (unpaired) electrons. The van der Waals surface area contributed by atoms with Gasteiger partial charge >= 0.3 is 13.8 Å². The second-order valence-corrected chi connectivity index (χ2v) is 10.6. The summed E-state index contributed by atoms with van der Waals surface area (Å²) >= 11 is 0. The number of aliphatic hydroxyl groups is 1. The van der Waals surface area contributed by atoms with Gasteiger partial charge in [-0.1, -0.05) is 6.58 Å². The van der Waals surface area contributed by atoms with Crippen LogP contribution in [0.25, 0.3) is 6.08 Å². The maximum absolute atomic E-state index is 12.8. The maximum Gasteiger partial charge on any atom is 0.474 e. The van der Waals surface area contributed by atoms with E-state index >= 15 is 0 Å². The monoisotopic (exact) mass is 508 g/mol. The van der Waals surface area contributed by atoms with Crippen LogP contribution in [0, 0.1) is 11.8 Å². The van der Waals surface area contributed by atoms with Crippen LogP contribution in [-0.2, 0) is 27.7 Å². The van der Waals surface area contributed by atoms with E-state index in [1.807, 2.05) is 0 Å². The number of fused-ring (bicyclic) bond motifs is 1. The molecule has 3 atom stereocenters. The van der Waals surface area contributed by atoms with E-state index in [2.05, 4.69) is 22.3 Å². The smallest absolute Gasteiger partial charge is 0.463 e. The van der Waals surface area contributed by atoms with Crippen molar-refractivity contribution in [2.45, 2.75) is 44.9 Å². The second kappa shape index (κ2) is 10.1. The third-order valence-corrected chi connectivity index (χ3v) is 7.38. The molecule has 0 aromatic carbocycles. The van der Waals surface area contributed by atoms with Crippen LogP contribution < -0.4 is 16.2 Å². The summed E-state index contributed by atoms with van der Waals surface area (Å²) in [5.41, 5.74) is 9.11. The summed E-state index contributed by atoms with van der Waals surface area (Å²) in [5.74, 6) is -0.956. The predicted molar refractivity (Wildman–Crippen MR) is 126 cm³/mol. The number of carbonyl (C=O) groups is 1. The van der Waals surface area contributed by atoms with Crippen molar-refractivity contribution < 1.29 is 32.8 Å². The fraction of sp³-hybridized carbons (Fsp3) is 0.545. The van der Waals surface area contributed by atoms with Gasteiger partial charge in [-0.25, -0.2) is 4.57 Å². The number of nitrogens with zero attached hydrogens (tertiary/aromatic N) is 2. The molecule has 0 amide bonds. The summed E-state index contributed by atoms with van der Waals surface area (Å²) in [4.78, 5) is 32.4. The van der Waals surface area contributed by atoms with Crippen molar-refractivity contribution in [2.24, 2.45) is 11.8 Å². The van der Waals surface area contributed by atoms with E-state index in [4.69, 9.17) is 24.0 Å². The van der Waals surface area contributed by atoms with Gasteiger partial charge in [0.25, 0.3) is 5.56 Å². The number of nitrogens with one attached hydrogen (secondary N) is 1. The molecule has 0 bridgehead atoms. The number of esters is 1. The molecule has 1 aromatic rings. The molecule has 2 aliphatic heterocycles. The molecule has 1 aromatic heterocycles.